The Bertz CT molecular complexity index is 711. The van der Waals surface area contributed by atoms with Crippen molar-refractivity contribution in [2.45, 2.75) is 20.5 Å². The summed E-state index contributed by atoms with van der Waals surface area (Å²) in [6, 6.07) is 9.52. The van der Waals surface area contributed by atoms with E-state index < -0.39 is 0 Å². The molecule has 1 heterocycles. The number of aryl methyl sites for hydroxylation is 1. The Morgan fingerprint density at radius 2 is 2.00 bits per heavy atom. The molecule has 22 heavy (non-hydrogen) atoms. The number of anilines is 1. The van der Waals surface area contributed by atoms with Crippen molar-refractivity contribution in [2.24, 2.45) is 7.05 Å². The highest BCUT2D eigenvalue weighted by Gasteiger charge is 2.19. The molecule has 116 valence electrons. The van der Waals surface area contributed by atoms with Gasteiger partial charge in [-0.1, -0.05) is 30.3 Å². The van der Waals surface area contributed by atoms with Crippen LogP contribution in [-0.4, -0.2) is 22.5 Å². The number of amides is 1. The van der Waals surface area contributed by atoms with E-state index in [0.717, 1.165) is 5.56 Å². The highest BCUT2D eigenvalue weighted by atomic mass is 16.5. The predicted molar refractivity (Wildman–Crippen MR) is 84.1 cm³/mol. The first-order valence-corrected chi connectivity index (χ1v) is 7.04. The molecule has 0 aliphatic carbocycles. The molecule has 2 aromatic rings. The van der Waals surface area contributed by atoms with Crippen LogP contribution in [0.4, 0.5) is 5.82 Å². The highest BCUT2D eigenvalue weighted by Crippen LogP contribution is 2.22. The molecular weight excluding hydrogens is 282 g/mol. The first kappa shape index (κ1) is 15.8. The number of hydrogen-bond donors (Lipinski definition) is 0. The lowest BCUT2D eigenvalue weighted by Gasteiger charge is -2.19. The second kappa shape index (κ2) is 6.89. The molecule has 1 aromatic carbocycles. The fraction of sp³-hybridized carbons (Fsp3) is 0.312. The van der Waals surface area contributed by atoms with Crippen molar-refractivity contribution in [2.75, 3.05) is 11.4 Å². The number of ether oxygens (including phenoxy) is 1. The van der Waals surface area contributed by atoms with Crippen molar-refractivity contribution in [3.05, 3.63) is 52.1 Å². The van der Waals surface area contributed by atoms with E-state index in [1.165, 1.54) is 9.47 Å². The van der Waals surface area contributed by atoms with Gasteiger partial charge >= 0.3 is 0 Å². The first-order valence-electron chi connectivity index (χ1n) is 7.04. The second-order valence-electron chi connectivity index (χ2n) is 4.84. The van der Waals surface area contributed by atoms with E-state index in [0.29, 0.717) is 18.8 Å². The summed E-state index contributed by atoms with van der Waals surface area (Å²) < 4.78 is 7.08. The Hall–Kier alpha value is -2.63. The molecule has 0 unspecified atom stereocenters. The standard InChI is InChI=1S/C16H19N3O3/c1-4-19(11-20)15-14(16(21)18(3)12(2)17-15)22-10-13-8-6-5-7-9-13/h5-9,11H,4,10H2,1-3H3. The summed E-state index contributed by atoms with van der Waals surface area (Å²) in [6.07, 6.45) is 0.649. The molecule has 1 amide bonds. The molecule has 2 rings (SSSR count). The molecular formula is C16H19N3O3. The third-order valence-corrected chi connectivity index (χ3v) is 3.42. The lowest BCUT2D eigenvalue weighted by atomic mass is 10.2. The zero-order valence-corrected chi connectivity index (χ0v) is 12.9. The van der Waals surface area contributed by atoms with Crippen LogP contribution in [0.2, 0.25) is 0 Å². The molecule has 0 spiro atoms. The monoisotopic (exact) mass is 301 g/mol. The molecule has 0 fully saturated rings. The van der Waals surface area contributed by atoms with E-state index in [1.807, 2.05) is 37.3 Å². The fourth-order valence-electron chi connectivity index (χ4n) is 2.00. The zero-order valence-electron chi connectivity index (χ0n) is 12.9. The Kier molecular flexibility index (Phi) is 4.93. The van der Waals surface area contributed by atoms with Crippen LogP contribution in [0, 0.1) is 6.92 Å². The van der Waals surface area contributed by atoms with Gasteiger partial charge in [0.2, 0.25) is 12.2 Å². The van der Waals surface area contributed by atoms with Gasteiger partial charge in [-0.15, -0.1) is 0 Å². The largest absolute Gasteiger partial charge is 0.480 e. The van der Waals surface area contributed by atoms with Gasteiger partial charge in [-0.05, 0) is 19.4 Å². The van der Waals surface area contributed by atoms with E-state index in [-0.39, 0.29) is 23.7 Å². The minimum absolute atomic E-state index is 0.0888. The van der Waals surface area contributed by atoms with Gasteiger partial charge in [0.15, 0.2) is 5.82 Å². The van der Waals surface area contributed by atoms with Crippen LogP contribution < -0.4 is 15.2 Å². The number of carbonyl (C=O) groups excluding carboxylic acids is 1. The van der Waals surface area contributed by atoms with Crippen molar-refractivity contribution in [1.29, 1.82) is 0 Å². The average molecular weight is 301 g/mol. The van der Waals surface area contributed by atoms with Gasteiger partial charge < -0.3 is 4.74 Å². The van der Waals surface area contributed by atoms with Crippen molar-refractivity contribution >= 4 is 12.2 Å². The SMILES string of the molecule is CCN(C=O)c1nc(C)n(C)c(=O)c1OCc1ccccc1. The summed E-state index contributed by atoms with van der Waals surface area (Å²) in [5.74, 6) is 0.868. The molecule has 0 saturated carbocycles. The van der Waals surface area contributed by atoms with Crippen LogP contribution in [0.25, 0.3) is 0 Å². The maximum Gasteiger partial charge on any atom is 0.297 e. The predicted octanol–water partition coefficient (Wildman–Crippen LogP) is 1.65. The van der Waals surface area contributed by atoms with E-state index >= 15 is 0 Å². The fourth-order valence-corrected chi connectivity index (χ4v) is 2.00. The summed E-state index contributed by atoms with van der Waals surface area (Å²) in [4.78, 5) is 29.3. The maximum atomic E-state index is 12.4. The van der Waals surface area contributed by atoms with Gasteiger partial charge in [0, 0.05) is 13.6 Å². The maximum absolute atomic E-state index is 12.4. The minimum Gasteiger partial charge on any atom is -0.480 e. The van der Waals surface area contributed by atoms with Gasteiger partial charge in [0.1, 0.15) is 12.4 Å². The molecule has 0 radical (unpaired) electrons. The Morgan fingerprint density at radius 1 is 1.32 bits per heavy atom. The van der Waals surface area contributed by atoms with E-state index in [1.54, 1.807) is 14.0 Å². The third-order valence-electron chi connectivity index (χ3n) is 3.42. The molecule has 0 saturated heterocycles. The lowest BCUT2D eigenvalue weighted by Crippen LogP contribution is -2.29. The van der Waals surface area contributed by atoms with Gasteiger partial charge in [0.25, 0.3) is 5.56 Å². The van der Waals surface area contributed by atoms with Crippen LogP contribution >= 0.6 is 0 Å². The zero-order chi connectivity index (χ0) is 16.1. The summed E-state index contributed by atoms with van der Waals surface area (Å²) in [6.45, 7) is 4.17. The average Bonchev–Trinajstić information content (AvgIpc) is 2.54. The molecule has 0 aliphatic rings. The number of rotatable bonds is 6. The van der Waals surface area contributed by atoms with E-state index in [4.69, 9.17) is 4.74 Å². The number of aromatic nitrogens is 2. The number of nitrogens with zero attached hydrogens (tertiary/aromatic N) is 3. The Morgan fingerprint density at radius 3 is 2.59 bits per heavy atom. The molecule has 6 nitrogen and oxygen atoms in total. The first-order chi connectivity index (χ1) is 10.6. The lowest BCUT2D eigenvalue weighted by molar-refractivity contribution is -0.107. The topological polar surface area (TPSA) is 64.4 Å². The van der Waals surface area contributed by atoms with Gasteiger partial charge in [-0.2, -0.15) is 0 Å². The third kappa shape index (κ3) is 3.16. The quantitative estimate of drug-likeness (QED) is 0.761. The Labute approximate surface area is 129 Å². The highest BCUT2D eigenvalue weighted by molar-refractivity contribution is 5.75. The van der Waals surface area contributed by atoms with E-state index in [2.05, 4.69) is 4.98 Å². The van der Waals surface area contributed by atoms with Gasteiger partial charge in [0.05, 0.1) is 0 Å². The van der Waals surface area contributed by atoms with Gasteiger partial charge in [-0.3, -0.25) is 19.1 Å². The van der Waals surface area contributed by atoms with E-state index in [9.17, 15) is 9.59 Å². The number of carbonyl (C=O) groups is 1. The van der Waals surface area contributed by atoms with Crippen molar-refractivity contribution in [3.8, 4) is 5.75 Å². The van der Waals surface area contributed by atoms with Crippen LogP contribution in [0.15, 0.2) is 35.1 Å². The van der Waals surface area contributed by atoms with Crippen LogP contribution in [0.5, 0.6) is 5.75 Å². The second-order valence-corrected chi connectivity index (χ2v) is 4.84. The molecule has 0 N–H and O–H groups in total. The van der Waals surface area contributed by atoms with Crippen LogP contribution in [0.3, 0.4) is 0 Å². The molecule has 1 aromatic heterocycles. The number of hydrogen-bond acceptors (Lipinski definition) is 4. The van der Waals surface area contributed by atoms with Crippen molar-refractivity contribution in [3.63, 3.8) is 0 Å². The minimum atomic E-state index is -0.307. The summed E-state index contributed by atoms with van der Waals surface area (Å²) >= 11 is 0. The summed E-state index contributed by atoms with van der Waals surface area (Å²) in [7, 11) is 1.63. The summed E-state index contributed by atoms with van der Waals surface area (Å²) in [5.41, 5.74) is 0.629. The van der Waals surface area contributed by atoms with Crippen molar-refractivity contribution < 1.29 is 9.53 Å². The Balaban J connectivity index is 2.41. The number of benzene rings is 1. The van der Waals surface area contributed by atoms with Crippen molar-refractivity contribution in [1.82, 2.24) is 9.55 Å². The molecule has 0 bridgehead atoms. The molecule has 6 heteroatoms. The van der Waals surface area contributed by atoms with Gasteiger partial charge in [-0.25, -0.2) is 4.98 Å². The smallest absolute Gasteiger partial charge is 0.297 e. The van der Waals surface area contributed by atoms with Crippen LogP contribution in [0.1, 0.15) is 18.3 Å². The van der Waals surface area contributed by atoms with Crippen LogP contribution in [-0.2, 0) is 18.4 Å². The summed E-state index contributed by atoms with van der Waals surface area (Å²) in [5, 5.41) is 0. The molecule has 0 atom stereocenters. The molecule has 0 aliphatic heterocycles. The normalized spacial score (nSPS) is 10.3.